The maximum absolute atomic E-state index is 14.3. The van der Waals surface area contributed by atoms with Gasteiger partial charge in [-0.25, -0.2) is 23.2 Å². The monoisotopic (exact) mass is 572 g/mol. The summed E-state index contributed by atoms with van der Waals surface area (Å²) in [6, 6.07) is 8.40. The number of nitrogens with two attached hydrogens (primary N) is 1. The van der Waals surface area contributed by atoms with Gasteiger partial charge in [-0.2, -0.15) is 0 Å². The van der Waals surface area contributed by atoms with E-state index in [1.54, 1.807) is 4.90 Å². The van der Waals surface area contributed by atoms with Crippen molar-refractivity contribution in [1.82, 2.24) is 4.90 Å². The second-order valence-corrected chi connectivity index (χ2v) is 11.9. The fraction of sp³-hybridized carbons (Fsp3) is 0.516. The van der Waals surface area contributed by atoms with Gasteiger partial charge in [-0.3, -0.25) is 0 Å². The van der Waals surface area contributed by atoms with E-state index in [1.807, 2.05) is 20.8 Å². The minimum atomic E-state index is -0.570. The number of carbonyl (C=O) groups excluding carboxylic acids is 3. The van der Waals surface area contributed by atoms with E-state index in [0.29, 0.717) is 41.1 Å². The molecular weight excluding hydrogens is 534 g/mol. The normalized spacial score (nSPS) is 22.5. The first-order valence-corrected chi connectivity index (χ1v) is 13.8. The molecule has 0 radical (unpaired) electrons. The minimum Gasteiger partial charge on any atom is -0.465 e. The Hall–Kier alpha value is -3.53. The second-order valence-electron chi connectivity index (χ2n) is 11.9. The van der Waals surface area contributed by atoms with Gasteiger partial charge in [0.05, 0.1) is 25.3 Å². The van der Waals surface area contributed by atoms with E-state index in [1.165, 1.54) is 50.6 Å². The van der Waals surface area contributed by atoms with Crippen molar-refractivity contribution < 1.29 is 37.4 Å². The van der Waals surface area contributed by atoms with Crippen molar-refractivity contribution in [2.45, 2.75) is 76.0 Å². The van der Waals surface area contributed by atoms with Gasteiger partial charge in [-0.1, -0.05) is 0 Å². The Morgan fingerprint density at radius 3 is 1.78 bits per heavy atom. The first-order valence-electron chi connectivity index (χ1n) is 13.8. The molecule has 0 aliphatic heterocycles. The van der Waals surface area contributed by atoms with Crippen molar-refractivity contribution in [3.8, 4) is 0 Å². The third kappa shape index (κ3) is 7.81. The van der Waals surface area contributed by atoms with Gasteiger partial charge in [0.2, 0.25) is 0 Å². The Morgan fingerprint density at radius 2 is 1.37 bits per heavy atom. The van der Waals surface area contributed by atoms with Crippen molar-refractivity contribution in [2.24, 2.45) is 11.7 Å². The maximum Gasteiger partial charge on any atom is 0.410 e. The average Bonchev–Trinajstić information content (AvgIpc) is 3.80. The minimum absolute atomic E-state index is 0.0207. The molecule has 0 saturated heterocycles. The molecule has 2 N–H and O–H groups in total. The molecule has 0 spiro atoms. The van der Waals surface area contributed by atoms with Crippen LogP contribution >= 0.6 is 0 Å². The summed E-state index contributed by atoms with van der Waals surface area (Å²) in [6.07, 6.45) is 3.34. The van der Waals surface area contributed by atoms with Crippen LogP contribution in [0, 0.1) is 17.6 Å². The van der Waals surface area contributed by atoms with Gasteiger partial charge in [0.15, 0.2) is 0 Å². The van der Waals surface area contributed by atoms with Crippen molar-refractivity contribution in [1.29, 1.82) is 0 Å². The Morgan fingerprint density at radius 1 is 0.878 bits per heavy atom. The predicted molar refractivity (Wildman–Crippen MR) is 148 cm³/mol. The zero-order valence-electron chi connectivity index (χ0n) is 24.1. The molecule has 5 rings (SSSR count). The Labute approximate surface area is 239 Å². The number of nitrogens with zero attached hydrogens (tertiary/aromatic N) is 1. The van der Waals surface area contributed by atoms with E-state index < -0.39 is 17.5 Å². The number of hydrogen-bond donors (Lipinski definition) is 1. The SMILES string of the molecule is COC(=O)c1ccc(F)c([C@@H]2C[C@H]2N(CC2CC2)C(=O)OC(C)(C)C)c1.COC(=O)c1ccc(F)c([C@@H]2C[C@H]2N)c1. The first-order chi connectivity index (χ1) is 19.3. The van der Waals surface area contributed by atoms with Gasteiger partial charge in [0, 0.05) is 30.5 Å². The summed E-state index contributed by atoms with van der Waals surface area (Å²) in [4.78, 5) is 37.3. The Bertz CT molecular complexity index is 1310. The smallest absolute Gasteiger partial charge is 0.410 e. The summed E-state index contributed by atoms with van der Waals surface area (Å²) in [5.74, 6) is -1.17. The average molecular weight is 573 g/mol. The molecule has 222 valence electrons. The number of amides is 1. The fourth-order valence-corrected chi connectivity index (χ4v) is 4.82. The van der Waals surface area contributed by atoms with Crippen LogP contribution in [0.15, 0.2) is 36.4 Å². The first kappa shape index (κ1) is 30.4. The molecule has 3 aliphatic rings. The molecule has 8 nitrogen and oxygen atoms in total. The van der Waals surface area contributed by atoms with Crippen molar-refractivity contribution in [3.63, 3.8) is 0 Å². The van der Waals surface area contributed by atoms with E-state index in [9.17, 15) is 23.2 Å². The third-order valence-corrected chi connectivity index (χ3v) is 7.41. The fourth-order valence-electron chi connectivity index (χ4n) is 4.82. The zero-order valence-corrected chi connectivity index (χ0v) is 24.1. The van der Waals surface area contributed by atoms with E-state index >= 15 is 0 Å². The summed E-state index contributed by atoms with van der Waals surface area (Å²) in [6.45, 7) is 6.16. The Kier molecular flexibility index (Phi) is 9.01. The summed E-state index contributed by atoms with van der Waals surface area (Å²) in [5.41, 5.74) is 6.74. The lowest BCUT2D eigenvalue weighted by Crippen LogP contribution is -2.40. The zero-order chi connectivity index (χ0) is 30.1. The predicted octanol–water partition coefficient (Wildman–Crippen LogP) is 5.54. The number of benzene rings is 2. The molecule has 10 heteroatoms. The Balaban J connectivity index is 0.000000218. The molecule has 3 aliphatic carbocycles. The van der Waals surface area contributed by atoms with Crippen molar-refractivity contribution in [3.05, 3.63) is 70.3 Å². The number of ether oxygens (including phenoxy) is 3. The van der Waals surface area contributed by atoms with E-state index in [2.05, 4.69) is 4.74 Å². The van der Waals surface area contributed by atoms with E-state index in [0.717, 1.165) is 19.3 Å². The molecule has 1 amide bonds. The summed E-state index contributed by atoms with van der Waals surface area (Å²) >= 11 is 0. The van der Waals surface area contributed by atoms with E-state index in [4.69, 9.17) is 15.2 Å². The number of hydrogen-bond acceptors (Lipinski definition) is 7. The molecule has 2 aromatic carbocycles. The van der Waals surface area contributed by atoms with Crippen LogP contribution in [-0.4, -0.2) is 61.4 Å². The molecule has 0 heterocycles. The van der Waals surface area contributed by atoms with Crippen LogP contribution in [0.4, 0.5) is 13.6 Å². The van der Waals surface area contributed by atoms with Gasteiger partial charge < -0.3 is 24.8 Å². The second kappa shape index (κ2) is 12.1. The lowest BCUT2D eigenvalue weighted by atomic mass is 10.1. The van der Waals surface area contributed by atoms with Gasteiger partial charge in [0.1, 0.15) is 17.2 Å². The molecule has 0 unspecified atom stereocenters. The van der Waals surface area contributed by atoms with Crippen LogP contribution in [0.2, 0.25) is 0 Å². The van der Waals surface area contributed by atoms with Gasteiger partial charge in [-0.05, 0) is 99.9 Å². The molecule has 2 aromatic rings. The van der Waals surface area contributed by atoms with Gasteiger partial charge in [0.25, 0.3) is 0 Å². The van der Waals surface area contributed by atoms with Gasteiger partial charge >= 0.3 is 18.0 Å². The molecular formula is C31H38F2N2O6. The van der Waals surface area contributed by atoms with Crippen LogP contribution in [-0.2, 0) is 14.2 Å². The van der Waals surface area contributed by atoms with Crippen LogP contribution in [0.1, 0.15) is 90.1 Å². The standard InChI is InChI=1S/C20H26FNO4.C11H12FNO2/c1-20(2,3)26-19(24)22(11-12-5-6-12)17-10-15(17)14-9-13(18(23)25-4)7-8-16(14)21;1-15-11(14)6-2-3-9(12)7(4-6)8-5-10(8)13/h7-9,12,15,17H,5-6,10-11H2,1-4H3;2-4,8,10H,5,13H2,1H3/t15-,17+;8-,10+/m00/s1. The molecule has 4 atom stereocenters. The lowest BCUT2D eigenvalue weighted by Gasteiger charge is -2.28. The molecule has 41 heavy (non-hydrogen) atoms. The van der Waals surface area contributed by atoms with Crippen LogP contribution < -0.4 is 5.73 Å². The summed E-state index contributed by atoms with van der Waals surface area (Å²) < 4.78 is 42.5. The lowest BCUT2D eigenvalue weighted by molar-refractivity contribution is 0.0219. The van der Waals surface area contributed by atoms with Crippen molar-refractivity contribution in [2.75, 3.05) is 20.8 Å². The van der Waals surface area contributed by atoms with Crippen LogP contribution in [0.5, 0.6) is 0 Å². The number of rotatable bonds is 7. The third-order valence-electron chi connectivity index (χ3n) is 7.41. The van der Waals surface area contributed by atoms with E-state index in [-0.39, 0.29) is 41.6 Å². The molecule has 3 fully saturated rings. The number of esters is 2. The molecule has 0 aromatic heterocycles. The highest BCUT2D eigenvalue weighted by molar-refractivity contribution is 5.90. The quantitative estimate of drug-likeness (QED) is 0.343. The highest BCUT2D eigenvalue weighted by Crippen LogP contribution is 2.47. The largest absolute Gasteiger partial charge is 0.465 e. The highest BCUT2D eigenvalue weighted by atomic mass is 19.1. The highest BCUT2D eigenvalue weighted by Gasteiger charge is 2.48. The topological polar surface area (TPSA) is 108 Å². The van der Waals surface area contributed by atoms with Crippen LogP contribution in [0.25, 0.3) is 0 Å². The molecule has 3 saturated carbocycles. The van der Waals surface area contributed by atoms with Crippen molar-refractivity contribution >= 4 is 18.0 Å². The number of halogens is 2. The summed E-state index contributed by atoms with van der Waals surface area (Å²) in [5, 5.41) is 0. The number of methoxy groups -OCH3 is 2. The molecule has 0 bridgehead atoms. The van der Waals surface area contributed by atoms with Crippen LogP contribution in [0.3, 0.4) is 0 Å². The van der Waals surface area contributed by atoms with Gasteiger partial charge in [-0.15, -0.1) is 0 Å². The maximum atomic E-state index is 14.3. The summed E-state index contributed by atoms with van der Waals surface area (Å²) in [7, 11) is 2.60. The number of carbonyl (C=O) groups is 3.